The monoisotopic (exact) mass is 588 g/mol. The van der Waals surface area contributed by atoms with E-state index in [1.54, 1.807) is 42.5 Å². The lowest BCUT2D eigenvalue weighted by Crippen LogP contribution is -2.52. The predicted octanol–water partition coefficient (Wildman–Crippen LogP) is 5.17. The van der Waals surface area contributed by atoms with Crippen molar-refractivity contribution < 1.29 is 26.0 Å². The molecule has 1 saturated heterocycles. The minimum Gasteiger partial charge on any atom is -0.321 e. The highest BCUT2D eigenvalue weighted by Gasteiger charge is 2.60. The Bertz CT molecular complexity index is 1680. The summed E-state index contributed by atoms with van der Waals surface area (Å²) < 4.78 is 68.2. The fraction of sp³-hybridized carbons (Fsp3) is 0.321. The van der Waals surface area contributed by atoms with Gasteiger partial charge in [-0.2, -0.15) is 0 Å². The zero-order valence-corrected chi connectivity index (χ0v) is 23.2. The minimum atomic E-state index is -4.12. The van der Waals surface area contributed by atoms with Gasteiger partial charge >= 0.3 is 0 Å². The molecule has 3 aliphatic rings. The standard InChI is InChI=1S/C28H26ClFN2O5S2/c29-23-3-1-2-4-24(23)31-27(33)19-7-12-25-22(17-19)28(13-15-38(34,35)16-14-28)26(18-5-6-18)32(25)39(36,37)21-10-8-20(30)9-11-21/h1-4,7-12,17-18,26H,5-6,13-16H2,(H,31,33). The number of amides is 1. The predicted molar refractivity (Wildman–Crippen MR) is 148 cm³/mol. The third kappa shape index (κ3) is 4.52. The number of hydrogen-bond acceptors (Lipinski definition) is 5. The second kappa shape index (κ2) is 9.31. The maximum absolute atomic E-state index is 14.1. The molecule has 3 aromatic carbocycles. The number of rotatable bonds is 5. The molecule has 1 amide bonds. The number of hydrogen-bond donors (Lipinski definition) is 1. The van der Waals surface area contributed by atoms with Gasteiger partial charge in [-0.15, -0.1) is 0 Å². The Morgan fingerprint density at radius 2 is 1.67 bits per heavy atom. The highest BCUT2D eigenvalue weighted by atomic mass is 35.5. The van der Waals surface area contributed by atoms with Crippen LogP contribution >= 0.6 is 11.6 Å². The summed E-state index contributed by atoms with van der Waals surface area (Å²) in [7, 11) is -7.38. The van der Waals surface area contributed by atoms with Gasteiger partial charge in [-0.05, 0) is 91.8 Å². The van der Waals surface area contributed by atoms with Gasteiger partial charge in [0.05, 0.1) is 38.8 Å². The van der Waals surface area contributed by atoms with Crippen molar-refractivity contribution >= 4 is 48.7 Å². The lowest BCUT2D eigenvalue weighted by atomic mass is 9.70. The van der Waals surface area contributed by atoms with E-state index in [1.165, 1.54) is 16.4 Å². The highest BCUT2D eigenvalue weighted by Crippen LogP contribution is 2.59. The molecule has 3 aromatic rings. The van der Waals surface area contributed by atoms with Crippen LogP contribution in [0.15, 0.2) is 71.6 Å². The van der Waals surface area contributed by atoms with Crippen molar-refractivity contribution in [2.75, 3.05) is 21.1 Å². The Hall–Kier alpha value is -2.95. The average molecular weight is 589 g/mol. The van der Waals surface area contributed by atoms with Gasteiger partial charge in [-0.3, -0.25) is 9.10 Å². The van der Waals surface area contributed by atoms with Crippen LogP contribution in [0.2, 0.25) is 5.02 Å². The molecular weight excluding hydrogens is 563 g/mol. The van der Waals surface area contributed by atoms with Crippen molar-refractivity contribution in [3.05, 3.63) is 88.7 Å². The second-order valence-electron chi connectivity index (χ2n) is 10.5. The van der Waals surface area contributed by atoms with Crippen LogP contribution < -0.4 is 9.62 Å². The number of carbonyl (C=O) groups is 1. The van der Waals surface area contributed by atoms with Crippen LogP contribution in [-0.2, 0) is 25.3 Å². The minimum absolute atomic E-state index is 0.0403. The molecular formula is C28H26ClFN2O5S2. The van der Waals surface area contributed by atoms with Crippen molar-refractivity contribution in [3.8, 4) is 0 Å². The molecule has 0 bridgehead atoms. The van der Waals surface area contributed by atoms with Gasteiger partial charge in [0, 0.05) is 11.0 Å². The Morgan fingerprint density at radius 1 is 1.00 bits per heavy atom. The molecule has 11 heteroatoms. The quantitative estimate of drug-likeness (QED) is 0.443. The zero-order valence-electron chi connectivity index (χ0n) is 20.8. The van der Waals surface area contributed by atoms with Gasteiger partial charge in [0.2, 0.25) is 0 Å². The maximum atomic E-state index is 14.1. The van der Waals surface area contributed by atoms with E-state index in [0.29, 0.717) is 27.5 Å². The zero-order chi connectivity index (χ0) is 27.6. The summed E-state index contributed by atoms with van der Waals surface area (Å²) in [6.07, 6.45) is 2.16. The Kier molecular flexibility index (Phi) is 6.28. The van der Waals surface area contributed by atoms with E-state index < -0.39 is 43.0 Å². The molecule has 1 aliphatic carbocycles. The lowest BCUT2D eigenvalue weighted by molar-refractivity contribution is 0.102. The second-order valence-corrected chi connectivity index (χ2v) is 15.0. The maximum Gasteiger partial charge on any atom is 0.264 e. The number of halogens is 2. The summed E-state index contributed by atoms with van der Waals surface area (Å²) in [6, 6.07) is 16.0. The first-order valence-electron chi connectivity index (χ1n) is 12.7. The molecule has 2 heterocycles. The first-order chi connectivity index (χ1) is 18.5. The largest absolute Gasteiger partial charge is 0.321 e. The number of nitrogens with one attached hydrogen (secondary N) is 1. The third-order valence-electron chi connectivity index (χ3n) is 8.13. The topological polar surface area (TPSA) is 101 Å². The number of sulfone groups is 1. The van der Waals surface area contributed by atoms with Crippen molar-refractivity contribution in [1.82, 2.24) is 0 Å². The molecule has 39 heavy (non-hydrogen) atoms. The van der Waals surface area contributed by atoms with Crippen LogP contribution in [0.1, 0.15) is 41.6 Å². The molecule has 6 rings (SSSR count). The SMILES string of the molecule is O=C(Nc1ccccc1Cl)c1ccc2c(c1)C1(CCS(=O)(=O)CC1)C(C1CC1)N2S(=O)(=O)c1ccc(F)cc1. The Morgan fingerprint density at radius 3 is 2.31 bits per heavy atom. The number of para-hydroxylation sites is 1. The average Bonchev–Trinajstić information content (AvgIpc) is 3.70. The lowest BCUT2D eigenvalue weighted by Gasteiger charge is -2.41. The molecule has 2 aliphatic heterocycles. The van der Waals surface area contributed by atoms with E-state index in [1.807, 2.05) is 0 Å². The summed E-state index contributed by atoms with van der Waals surface area (Å²) >= 11 is 6.22. The molecule has 1 saturated carbocycles. The van der Waals surface area contributed by atoms with Crippen LogP contribution in [0.25, 0.3) is 0 Å². The number of carbonyl (C=O) groups excluding carboxylic acids is 1. The summed E-state index contributed by atoms with van der Waals surface area (Å²) in [5.74, 6) is -1.02. The fourth-order valence-corrected chi connectivity index (χ4v) is 9.62. The van der Waals surface area contributed by atoms with Crippen LogP contribution in [0.3, 0.4) is 0 Å². The van der Waals surface area contributed by atoms with E-state index in [4.69, 9.17) is 11.6 Å². The molecule has 1 N–H and O–H groups in total. The van der Waals surface area contributed by atoms with Crippen LogP contribution in [-0.4, -0.2) is 40.3 Å². The van der Waals surface area contributed by atoms with Crippen LogP contribution in [0.5, 0.6) is 0 Å². The third-order valence-corrected chi connectivity index (χ3v) is 11.9. The van der Waals surface area contributed by atoms with Gasteiger partial charge in [0.1, 0.15) is 15.7 Å². The number of benzene rings is 3. The van der Waals surface area contributed by atoms with Gasteiger partial charge in [0.15, 0.2) is 0 Å². The van der Waals surface area contributed by atoms with Gasteiger partial charge in [-0.25, -0.2) is 21.2 Å². The Labute approximate surface area is 232 Å². The van der Waals surface area contributed by atoms with Crippen molar-refractivity contribution in [3.63, 3.8) is 0 Å². The first-order valence-corrected chi connectivity index (χ1v) is 16.4. The molecule has 2 fully saturated rings. The van der Waals surface area contributed by atoms with Gasteiger partial charge in [-0.1, -0.05) is 23.7 Å². The number of fused-ring (bicyclic) bond motifs is 2. The Balaban J connectivity index is 1.49. The fourth-order valence-electron chi connectivity index (χ4n) is 6.08. The number of sulfonamides is 1. The van der Waals surface area contributed by atoms with E-state index >= 15 is 0 Å². The molecule has 204 valence electrons. The number of nitrogens with zero attached hydrogens (tertiary/aromatic N) is 1. The van der Waals surface area contributed by atoms with Gasteiger partial charge < -0.3 is 5.32 Å². The van der Waals surface area contributed by atoms with Gasteiger partial charge in [0.25, 0.3) is 15.9 Å². The molecule has 1 unspecified atom stereocenters. The summed E-state index contributed by atoms with van der Waals surface area (Å²) in [5, 5.41) is 3.19. The molecule has 0 radical (unpaired) electrons. The molecule has 0 aromatic heterocycles. The van der Waals surface area contributed by atoms with Crippen molar-refractivity contribution in [1.29, 1.82) is 0 Å². The number of anilines is 2. The summed E-state index contributed by atoms with van der Waals surface area (Å²) in [4.78, 5) is 13.2. The first kappa shape index (κ1) is 26.3. The van der Waals surface area contributed by atoms with Crippen molar-refractivity contribution in [2.24, 2.45) is 5.92 Å². The normalized spacial score (nSPS) is 21.5. The molecule has 1 atom stereocenters. The van der Waals surface area contributed by atoms with Crippen molar-refractivity contribution in [2.45, 2.75) is 42.0 Å². The smallest absolute Gasteiger partial charge is 0.264 e. The van der Waals surface area contributed by atoms with E-state index in [0.717, 1.165) is 25.0 Å². The van der Waals surface area contributed by atoms with E-state index in [9.17, 15) is 26.0 Å². The highest BCUT2D eigenvalue weighted by molar-refractivity contribution is 7.93. The van der Waals surface area contributed by atoms with Crippen LogP contribution in [0, 0.1) is 11.7 Å². The summed E-state index contributed by atoms with van der Waals surface area (Å²) in [5.41, 5.74) is 1.09. The molecule has 1 spiro atoms. The summed E-state index contributed by atoms with van der Waals surface area (Å²) in [6.45, 7) is 0. The van der Waals surface area contributed by atoms with Crippen LogP contribution in [0.4, 0.5) is 15.8 Å². The molecule has 7 nitrogen and oxygen atoms in total. The van der Waals surface area contributed by atoms with E-state index in [2.05, 4.69) is 5.32 Å². The van der Waals surface area contributed by atoms with E-state index in [-0.39, 0.29) is 35.2 Å².